The van der Waals surface area contributed by atoms with Crippen LogP contribution in [0, 0.1) is 0 Å². The summed E-state index contributed by atoms with van der Waals surface area (Å²) < 4.78 is 1.74. The van der Waals surface area contributed by atoms with E-state index in [1.807, 2.05) is 6.07 Å². The number of pyridine rings is 1. The summed E-state index contributed by atoms with van der Waals surface area (Å²) in [6.45, 7) is 0.575. The first-order valence-corrected chi connectivity index (χ1v) is 4.88. The number of nitrogen functional groups attached to an aromatic ring is 1. The maximum absolute atomic E-state index is 5.58. The normalized spacial score (nSPS) is 11.0. The minimum Gasteiger partial charge on any atom is -0.396 e. The largest absolute Gasteiger partial charge is 0.396 e. The fraction of sp³-hybridized carbons (Fsp3) is 0.100. The van der Waals surface area contributed by atoms with Gasteiger partial charge >= 0.3 is 0 Å². The van der Waals surface area contributed by atoms with Crippen molar-refractivity contribution in [1.82, 2.24) is 24.7 Å². The van der Waals surface area contributed by atoms with Gasteiger partial charge in [0.15, 0.2) is 0 Å². The smallest absolute Gasteiger partial charge is 0.129 e. The van der Waals surface area contributed by atoms with Gasteiger partial charge in [0.1, 0.15) is 5.82 Å². The Morgan fingerprint density at radius 3 is 3.06 bits per heavy atom. The highest BCUT2D eigenvalue weighted by molar-refractivity contribution is 5.73. The van der Waals surface area contributed by atoms with E-state index in [0.717, 1.165) is 16.9 Å². The van der Waals surface area contributed by atoms with E-state index in [9.17, 15) is 0 Å². The molecule has 0 unspecified atom stereocenters. The molecule has 16 heavy (non-hydrogen) atoms. The molecule has 0 saturated heterocycles. The van der Waals surface area contributed by atoms with Gasteiger partial charge in [0.05, 0.1) is 35.7 Å². The Kier molecular flexibility index (Phi) is 1.86. The maximum atomic E-state index is 5.58. The van der Waals surface area contributed by atoms with E-state index in [4.69, 9.17) is 5.73 Å². The highest BCUT2D eigenvalue weighted by atomic mass is 15.3. The molecule has 80 valence electrons. The Balaban J connectivity index is 1.95. The lowest BCUT2D eigenvalue weighted by Gasteiger charge is -1.95. The molecule has 6 heteroatoms. The minimum absolute atomic E-state index is 0.575. The lowest BCUT2D eigenvalue weighted by atomic mass is 10.4. The van der Waals surface area contributed by atoms with Gasteiger partial charge in [-0.3, -0.25) is 9.67 Å². The highest BCUT2D eigenvalue weighted by Gasteiger charge is 2.03. The van der Waals surface area contributed by atoms with Gasteiger partial charge in [0.25, 0.3) is 0 Å². The van der Waals surface area contributed by atoms with Crippen molar-refractivity contribution in [2.75, 3.05) is 5.73 Å². The van der Waals surface area contributed by atoms with Crippen molar-refractivity contribution >= 4 is 16.7 Å². The summed E-state index contributed by atoms with van der Waals surface area (Å²) in [5, 5.41) is 4.10. The zero-order valence-electron chi connectivity index (χ0n) is 8.46. The number of H-pyrrole nitrogens is 1. The Morgan fingerprint density at radius 1 is 1.38 bits per heavy atom. The van der Waals surface area contributed by atoms with E-state index in [1.165, 1.54) is 0 Å². The van der Waals surface area contributed by atoms with Crippen LogP contribution < -0.4 is 5.73 Å². The molecule has 0 aliphatic carbocycles. The molecule has 0 saturated carbocycles. The summed E-state index contributed by atoms with van der Waals surface area (Å²) in [6.07, 6.45) is 6.86. The van der Waals surface area contributed by atoms with Crippen LogP contribution >= 0.6 is 0 Å². The van der Waals surface area contributed by atoms with Gasteiger partial charge in [0, 0.05) is 12.4 Å². The minimum atomic E-state index is 0.575. The predicted molar refractivity (Wildman–Crippen MR) is 59.6 cm³/mol. The van der Waals surface area contributed by atoms with Crippen LogP contribution in [0.25, 0.3) is 11.0 Å². The van der Waals surface area contributed by atoms with Crippen molar-refractivity contribution < 1.29 is 0 Å². The number of fused-ring (bicyclic) bond motifs is 1. The molecule has 0 aliphatic heterocycles. The Bertz CT molecular complexity index is 590. The molecule has 0 aliphatic rings. The molecule has 0 fully saturated rings. The number of imidazole rings is 1. The van der Waals surface area contributed by atoms with Crippen molar-refractivity contribution in [3.8, 4) is 0 Å². The van der Waals surface area contributed by atoms with E-state index in [0.29, 0.717) is 12.2 Å². The van der Waals surface area contributed by atoms with Gasteiger partial charge in [-0.25, -0.2) is 4.98 Å². The summed E-state index contributed by atoms with van der Waals surface area (Å²) >= 11 is 0. The average Bonchev–Trinajstić information content (AvgIpc) is 2.84. The molecule has 3 heterocycles. The summed E-state index contributed by atoms with van der Waals surface area (Å²) in [5.74, 6) is 0.839. The third kappa shape index (κ3) is 1.50. The van der Waals surface area contributed by atoms with Gasteiger partial charge in [-0.2, -0.15) is 5.10 Å². The monoisotopic (exact) mass is 214 g/mol. The molecular formula is C10H10N6. The molecule has 6 nitrogen and oxygen atoms in total. The lowest BCUT2D eigenvalue weighted by molar-refractivity contribution is 0.663. The molecule has 3 N–H and O–H groups in total. The number of nitrogens with one attached hydrogen (secondary N) is 1. The molecule has 0 atom stereocenters. The number of hydrogen-bond acceptors (Lipinski definition) is 4. The molecule has 0 spiro atoms. The highest BCUT2D eigenvalue weighted by Crippen LogP contribution is 2.09. The lowest BCUT2D eigenvalue weighted by Crippen LogP contribution is -2.01. The molecule has 0 aromatic carbocycles. The number of aromatic nitrogens is 5. The van der Waals surface area contributed by atoms with Gasteiger partial charge in [-0.1, -0.05) is 0 Å². The first kappa shape index (κ1) is 8.90. The Hall–Kier alpha value is -2.37. The zero-order valence-corrected chi connectivity index (χ0v) is 8.46. The quantitative estimate of drug-likeness (QED) is 0.660. The molecule has 0 radical (unpaired) electrons. The standard InChI is InChI=1S/C10H10N6/c11-7-3-13-16(5-7)6-10-14-8-1-2-12-4-9(8)15-10/h1-5H,6,11H2,(H,14,15). The Morgan fingerprint density at radius 2 is 2.31 bits per heavy atom. The number of anilines is 1. The maximum Gasteiger partial charge on any atom is 0.129 e. The Labute approximate surface area is 91.1 Å². The van der Waals surface area contributed by atoms with Crippen LogP contribution in [0.15, 0.2) is 30.9 Å². The van der Waals surface area contributed by atoms with E-state index < -0.39 is 0 Å². The molecule has 3 aromatic rings. The molecule has 3 rings (SSSR count). The molecule has 3 aromatic heterocycles. The summed E-state index contributed by atoms with van der Waals surface area (Å²) in [5.41, 5.74) is 8.07. The summed E-state index contributed by atoms with van der Waals surface area (Å²) in [6, 6.07) is 1.87. The van der Waals surface area contributed by atoms with Crippen molar-refractivity contribution in [3.05, 3.63) is 36.7 Å². The second kappa shape index (κ2) is 3.34. The average molecular weight is 214 g/mol. The number of aromatic amines is 1. The van der Waals surface area contributed by atoms with Crippen LogP contribution in [0.3, 0.4) is 0 Å². The summed E-state index contributed by atoms with van der Waals surface area (Å²) in [7, 11) is 0. The van der Waals surface area contributed by atoms with Crippen LogP contribution in [-0.4, -0.2) is 24.7 Å². The third-order valence-electron chi connectivity index (χ3n) is 2.30. The number of hydrogen-bond donors (Lipinski definition) is 2. The van der Waals surface area contributed by atoms with E-state index >= 15 is 0 Å². The second-order valence-electron chi connectivity index (χ2n) is 3.55. The van der Waals surface area contributed by atoms with Crippen LogP contribution in [0.5, 0.6) is 0 Å². The molecular weight excluding hydrogens is 204 g/mol. The van der Waals surface area contributed by atoms with Crippen LogP contribution in [0.2, 0.25) is 0 Å². The predicted octanol–water partition coefficient (Wildman–Crippen LogP) is 0.785. The molecule has 0 bridgehead atoms. The fourth-order valence-corrected chi connectivity index (χ4v) is 1.60. The molecule has 0 amide bonds. The van der Waals surface area contributed by atoms with Crippen LogP contribution in [0.4, 0.5) is 5.69 Å². The first-order chi connectivity index (χ1) is 7.81. The number of rotatable bonds is 2. The number of nitrogens with zero attached hydrogens (tertiary/aromatic N) is 4. The van der Waals surface area contributed by atoms with Crippen LogP contribution in [-0.2, 0) is 6.54 Å². The third-order valence-corrected chi connectivity index (χ3v) is 2.30. The first-order valence-electron chi connectivity index (χ1n) is 4.88. The number of nitrogens with two attached hydrogens (primary N) is 1. The van der Waals surface area contributed by atoms with Gasteiger partial charge in [-0.05, 0) is 6.07 Å². The van der Waals surface area contributed by atoms with E-state index in [2.05, 4.69) is 20.1 Å². The van der Waals surface area contributed by atoms with Crippen molar-refractivity contribution in [2.24, 2.45) is 0 Å². The van der Waals surface area contributed by atoms with Crippen molar-refractivity contribution in [1.29, 1.82) is 0 Å². The van der Waals surface area contributed by atoms with Crippen molar-refractivity contribution in [3.63, 3.8) is 0 Å². The van der Waals surface area contributed by atoms with Gasteiger partial charge in [0.2, 0.25) is 0 Å². The van der Waals surface area contributed by atoms with Crippen LogP contribution in [0.1, 0.15) is 5.82 Å². The van der Waals surface area contributed by atoms with Gasteiger partial charge in [-0.15, -0.1) is 0 Å². The fourth-order valence-electron chi connectivity index (χ4n) is 1.60. The second-order valence-corrected chi connectivity index (χ2v) is 3.55. The topological polar surface area (TPSA) is 85.4 Å². The van der Waals surface area contributed by atoms with E-state index in [-0.39, 0.29) is 0 Å². The summed E-state index contributed by atoms with van der Waals surface area (Å²) in [4.78, 5) is 11.6. The zero-order chi connectivity index (χ0) is 11.0. The van der Waals surface area contributed by atoms with E-state index in [1.54, 1.807) is 29.5 Å². The van der Waals surface area contributed by atoms with Crippen molar-refractivity contribution in [2.45, 2.75) is 6.54 Å². The van der Waals surface area contributed by atoms with Gasteiger partial charge < -0.3 is 10.7 Å². The SMILES string of the molecule is Nc1cnn(Cc2nc3ccncc3[nH]2)c1.